The molecule has 0 radical (unpaired) electrons. The molecule has 98 valence electrons. The first-order valence-electron chi connectivity index (χ1n) is 5.62. The van der Waals surface area contributed by atoms with Crippen LogP contribution in [0.15, 0.2) is 48.5 Å². The molecule has 0 saturated carbocycles. The van der Waals surface area contributed by atoms with Gasteiger partial charge in [0, 0.05) is 10.8 Å². The van der Waals surface area contributed by atoms with Crippen LogP contribution in [-0.4, -0.2) is 6.43 Å². The molecular weight excluding hydrogens is 276 g/mol. The van der Waals surface area contributed by atoms with Crippen molar-refractivity contribution >= 4 is 30.6 Å². The third-order valence-electron chi connectivity index (χ3n) is 3.03. The van der Waals surface area contributed by atoms with Crippen LogP contribution in [0.1, 0.15) is 0 Å². The van der Waals surface area contributed by atoms with E-state index in [9.17, 15) is 17.6 Å². The van der Waals surface area contributed by atoms with Crippen LogP contribution in [0.3, 0.4) is 0 Å². The minimum atomic E-state index is -4.04. The normalized spacial score (nSPS) is 12.7. The Balaban J connectivity index is 2.50. The Hall–Kier alpha value is -1.62. The molecule has 0 aliphatic carbocycles. The SMILES string of the molecule is FC(F)C(F)(F)[s+]1c2ccccc2c2ccccc21. The largest absolute Gasteiger partial charge is 0.493 e. The number of rotatable bonds is 2. The lowest BCUT2D eigenvalue weighted by molar-refractivity contribution is -0.0955. The zero-order valence-corrected chi connectivity index (χ0v) is 10.4. The van der Waals surface area contributed by atoms with Crippen molar-refractivity contribution in [3.05, 3.63) is 48.5 Å². The Morgan fingerprint density at radius 2 is 1.21 bits per heavy atom. The maximum absolute atomic E-state index is 13.9. The topological polar surface area (TPSA) is 0 Å². The smallest absolute Gasteiger partial charge is 0.197 e. The van der Waals surface area contributed by atoms with Gasteiger partial charge in [0.15, 0.2) is 9.40 Å². The first-order valence-corrected chi connectivity index (χ1v) is 6.84. The van der Waals surface area contributed by atoms with Crippen LogP contribution in [0.25, 0.3) is 20.2 Å². The summed E-state index contributed by atoms with van der Waals surface area (Å²) in [7, 11) is -1.90. The van der Waals surface area contributed by atoms with Gasteiger partial charge in [-0.15, -0.1) is 8.78 Å². The van der Waals surface area contributed by atoms with E-state index in [1.54, 1.807) is 36.4 Å². The molecule has 0 aliphatic heterocycles. The average molecular weight is 285 g/mol. The molecule has 19 heavy (non-hydrogen) atoms. The van der Waals surface area contributed by atoms with E-state index in [2.05, 4.69) is 0 Å². The van der Waals surface area contributed by atoms with Crippen LogP contribution in [0.4, 0.5) is 17.6 Å². The Bertz CT molecular complexity index is 692. The Morgan fingerprint density at radius 1 is 0.789 bits per heavy atom. The fourth-order valence-electron chi connectivity index (χ4n) is 2.24. The number of hydrogen-bond donors (Lipinski definition) is 0. The number of hydrogen-bond acceptors (Lipinski definition) is 0. The van der Waals surface area contributed by atoms with Gasteiger partial charge in [-0.1, -0.05) is 24.3 Å². The molecule has 0 bridgehead atoms. The van der Waals surface area contributed by atoms with Gasteiger partial charge in [0.05, 0.1) is 10.5 Å². The fourth-order valence-corrected chi connectivity index (χ4v) is 4.46. The van der Waals surface area contributed by atoms with Crippen molar-refractivity contribution in [2.45, 2.75) is 11.7 Å². The lowest BCUT2D eigenvalue weighted by Crippen LogP contribution is -2.17. The molecule has 3 aromatic rings. The molecule has 0 nitrogen and oxygen atoms in total. The summed E-state index contributed by atoms with van der Waals surface area (Å²) in [5.74, 6) is 0. The van der Waals surface area contributed by atoms with E-state index in [0.717, 1.165) is 0 Å². The van der Waals surface area contributed by atoms with Crippen molar-refractivity contribution in [3.63, 3.8) is 0 Å². The second-order valence-electron chi connectivity index (χ2n) is 4.16. The Morgan fingerprint density at radius 3 is 1.63 bits per heavy atom. The number of fused-ring (bicyclic) bond motifs is 3. The highest BCUT2D eigenvalue weighted by Crippen LogP contribution is 2.55. The monoisotopic (exact) mass is 285 g/mol. The van der Waals surface area contributed by atoms with Gasteiger partial charge < -0.3 is 0 Å². The molecule has 0 atom stereocenters. The second-order valence-corrected chi connectivity index (χ2v) is 6.20. The molecule has 1 aromatic heterocycles. The van der Waals surface area contributed by atoms with Crippen molar-refractivity contribution in [2.75, 3.05) is 0 Å². The van der Waals surface area contributed by atoms with Gasteiger partial charge in [-0.05, 0) is 24.3 Å². The van der Waals surface area contributed by atoms with Gasteiger partial charge in [0.1, 0.15) is 0 Å². The minimum Gasteiger partial charge on any atom is -0.197 e. The zero-order chi connectivity index (χ0) is 13.6. The van der Waals surface area contributed by atoms with Crippen LogP contribution in [0.2, 0.25) is 0 Å². The quantitative estimate of drug-likeness (QED) is 0.427. The Labute approximate surface area is 109 Å². The number of thiophene rings is 1. The highest BCUT2D eigenvalue weighted by Gasteiger charge is 2.55. The van der Waals surface area contributed by atoms with Crippen molar-refractivity contribution in [1.29, 1.82) is 0 Å². The molecule has 0 spiro atoms. The molecule has 0 amide bonds. The van der Waals surface area contributed by atoms with Crippen LogP contribution in [-0.2, 0) is 5.25 Å². The van der Waals surface area contributed by atoms with E-state index in [0.29, 0.717) is 20.2 Å². The summed E-state index contributed by atoms with van der Waals surface area (Å²) in [5, 5.41) is -2.79. The van der Waals surface area contributed by atoms with E-state index in [4.69, 9.17) is 0 Å². The third-order valence-corrected chi connectivity index (χ3v) is 5.34. The summed E-state index contributed by atoms with van der Waals surface area (Å²) < 4.78 is 53.8. The van der Waals surface area contributed by atoms with Gasteiger partial charge in [-0.3, -0.25) is 0 Å². The summed E-state index contributed by atoms with van der Waals surface area (Å²) >= 11 is 0. The molecule has 3 rings (SSSR count). The lowest BCUT2D eigenvalue weighted by atomic mass is 10.2. The van der Waals surface area contributed by atoms with Gasteiger partial charge in [0.2, 0.25) is 0 Å². The highest BCUT2D eigenvalue weighted by atomic mass is 32.2. The van der Waals surface area contributed by atoms with E-state index in [-0.39, 0.29) is 0 Å². The highest BCUT2D eigenvalue weighted by molar-refractivity contribution is 7.44. The predicted octanol–water partition coefficient (Wildman–Crippen LogP) is 5.56. The molecular formula is C14H9F4S+. The molecule has 0 fully saturated rings. The summed E-state index contributed by atoms with van der Waals surface area (Å²) in [6.45, 7) is 0. The minimum absolute atomic E-state index is 0.300. The third kappa shape index (κ3) is 1.72. The molecule has 0 N–H and O–H groups in total. The maximum atomic E-state index is 13.9. The van der Waals surface area contributed by atoms with E-state index in [1.165, 1.54) is 12.1 Å². The van der Waals surface area contributed by atoms with Crippen LogP contribution in [0.5, 0.6) is 0 Å². The van der Waals surface area contributed by atoms with Gasteiger partial charge >= 0.3 is 11.7 Å². The predicted molar refractivity (Wildman–Crippen MR) is 70.1 cm³/mol. The molecule has 5 heteroatoms. The summed E-state index contributed by atoms with van der Waals surface area (Å²) in [6, 6.07) is 13.1. The van der Waals surface area contributed by atoms with Crippen LogP contribution >= 0.6 is 10.5 Å². The first-order chi connectivity index (χ1) is 9.03. The van der Waals surface area contributed by atoms with Gasteiger partial charge in [-0.2, -0.15) is 8.78 Å². The van der Waals surface area contributed by atoms with E-state index < -0.39 is 22.1 Å². The standard InChI is InChI=1S/C14H9F4S/c15-13(16)14(17,18)19-11-7-3-1-5-9(11)10-6-2-4-8-12(10)19/h1-8,13H/q+1. The van der Waals surface area contributed by atoms with Crippen molar-refractivity contribution in [1.82, 2.24) is 0 Å². The zero-order valence-electron chi connectivity index (χ0n) is 9.62. The molecule has 0 unspecified atom stereocenters. The molecule has 2 aromatic carbocycles. The lowest BCUT2D eigenvalue weighted by Gasteiger charge is -2.07. The van der Waals surface area contributed by atoms with Crippen molar-refractivity contribution < 1.29 is 17.6 Å². The summed E-state index contributed by atoms with van der Waals surface area (Å²) in [4.78, 5) is 0. The van der Waals surface area contributed by atoms with Crippen molar-refractivity contribution in [3.8, 4) is 0 Å². The van der Waals surface area contributed by atoms with Crippen LogP contribution < -0.4 is 0 Å². The van der Waals surface area contributed by atoms with Crippen molar-refractivity contribution in [2.24, 2.45) is 0 Å². The van der Waals surface area contributed by atoms with Gasteiger partial charge in [-0.25, -0.2) is 0 Å². The molecule has 1 heterocycles. The van der Waals surface area contributed by atoms with E-state index >= 15 is 0 Å². The summed E-state index contributed by atoms with van der Waals surface area (Å²) in [6.07, 6.45) is -3.67. The maximum Gasteiger partial charge on any atom is 0.493 e. The first kappa shape index (κ1) is 12.4. The van der Waals surface area contributed by atoms with Gasteiger partial charge in [0.25, 0.3) is 0 Å². The Kier molecular flexibility index (Phi) is 2.74. The van der Waals surface area contributed by atoms with E-state index in [1.807, 2.05) is 0 Å². The number of benzene rings is 2. The number of halogens is 4. The molecule has 0 aliphatic rings. The second kappa shape index (κ2) is 4.20. The van der Waals surface area contributed by atoms with Crippen LogP contribution in [0, 0.1) is 0 Å². The number of alkyl halides is 4. The fraction of sp³-hybridized carbons (Fsp3) is 0.143. The average Bonchev–Trinajstić information content (AvgIpc) is 2.73. The molecule has 0 saturated heterocycles. The summed E-state index contributed by atoms with van der Waals surface area (Å²) in [5.41, 5.74) is 0.